The van der Waals surface area contributed by atoms with Gasteiger partial charge in [-0.05, 0) is 0 Å². The number of rotatable bonds is 8. The second-order valence-electron chi connectivity index (χ2n) is 4.17. The fourth-order valence-corrected chi connectivity index (χ4v) is 1.83. The van der Waals surface area contributed by atoms with Crippen LogP contribution in [-0.4, -0.2) is 73.8 Å². The summed E-state index contributed by atoms with van der Waals surface area (Å²) in [5.41, 5.74) is 0. The molecular formula is C13H21N3O4. The van der Waals surface area contributed by atoms with E-state index in [0.29, 0.717) is 19.0 Å². The van der Waals surface area contributed by atoms with Crippen molar-refractivity contribution in [3.63, 3.8) is 0 Å². The van der Waals surface area contributed by atoms with E-state index in [1.54, 1.807) is 13.2 Å². The summed E-state index contributed by atoms with van der Waals surface area (Å²) in [4.78, 5) is 28.5. The lowest BCUT2D eigenvalue weighted by Gasteiger charge is -2.41. The monoisotopic (exact) mass is 283 g/mol. The zero-order valence-corrected chi connectivity index (χ0v) is 12.0. The normalized spacial score (nSPS) is 16.1. The van der Waals surface area contributed by atoms with Crippen molar-refractivity contribution in [3.05, 3.63) is 25.1 Å². The van der Waals surface area contributed by atoms with Crippen LogP contribution in [-0.2, 0) is 9.47 Å². The van der Waals surface area contributed by atoms with Crippen LogP contribution in [0.2, 0.25) is 0 Å². The number of carbonyl (C=O) groups is 2. The van der Waals surface area contributed by atoms with E-state index < -0.39 is 12.1 Å². The van der Waals surface area contributed by atoms with E-state index in [1.807, 2.05) is 0 Å². The standard InChI is InChI=1S/C13H21N3O4/c1-5-6-14-11(2)15(7-9-19-3)13(18)16(12(14)17)8-10-20-4/h5H,1-2,6-10H2,3-4H3. The van der Waals surface area contributed by atoms with Crippen molar-refractivity contribution in [1.29, 1.82) is 0 Å². The molecule has 7 heteroatoms. The lowest BCUT2D eigenvalue weighted by Crippen LogP contribution is -2.60. The summed E-state index contributed by atoms with van der Waals surface area (Å²) in [5, 5.41) is 0. The molecule has 0 aromatic heterocycles. The Morgan fingerprint density at radius 3 is 2.00 bits per heavy atom. The van der Waals surface area contributed by atoms with Crippen LogP contribution in [0.3, 0.4) is 0 Å². The van der Waals surface area contributed by atoms with Gasteiger partial charge < -0.3 is 9.47 Å². The highest BCUT2D eigenvalue weighted by Crippen LogP contribution is 2.20. The molecule has 1 saturated heterocycles. The molecule has 0 spiro atoms. The third kappa shape index (κ3) is 3.37. The molecule has 1 aliphatic heterocycles. The van der Waals surface area contributed by atoms with Gasteiger partial charge in [0, 0.05) is 20.8 Å². The van der Waals surface area contributed by atoms with Gasteiger partial charge in [0.2, 0.25) is 0 Å². The maximum atomic E-state index is 12.3. The van der Waals surface area contributed by atoms with E-state index in [9.17, 15) is 9.59 Å². The molecule has 0 saturated carbocycles. The predicted molar refractivity (Wildman–Crippen MR) is 74.0 cm³/mol. The zero-order valence-electron chi connectivity index (χ0n) is 12.0. The molecule has 112 valence electrons. The molecule has 0 aromatic rings. The van der Waals surface area contributed by atoms with Crippen molar-refractivity contribution in [1.82, 2.24) is 14.7 Å². The van der Waals surface area contributed by atoms with Crippen molar-refractivity contribution >= 4 is 12.1 Å². The maximum Gasteiger partial charge on any atom is 0.334 e. The molecule has 0 aromatic carbocycles. The minimum atomic E-state index is -0.411. The quantitative estimate of drug-likeness (QED) is 0.626. The van der Waals surface area contributed by atoms with Crippen molar-refractivity contribution in [2.45, 2.75) is 0 Å². The smallest absolute Gasteiger partial charge is 0.334 e. The van der Waals surface area contributed by atoms with Gasteiger partial charge in [-0.3, -0.25) is 9.80 Å². The Morgan fingerprint density at radius 2 is 1.50 bits per heavy atom. The Hall–Kier alpha value is -1.86. The fraction of sp³-hybridized carbons (Fsp3) is 0.538. The molecular weight excluding hydrogens is 262 g/mol. The van der Waals surface area contributed by atoms with E-state index in [1.165, 1.54) is 16.9 Å². The molecule has 0 unspecified atom stereocenters. The van der Waals surface area contributed by atoms with Crippen LogP contribution < -0.4 is 0 Å². The first-order valence-corrected chi connectivity index (χ1v) is 6.26. The van der Waals surface area contributed by atoms with Crippen LogP contribution >= 0.6 is 0 Å². The van der Waals surface area contributed by atoms with Crippen LogP contribution in [0, 0.1) is 0 Å². The highest BCUT2D eigenvalue weighted by Gasteiger charge is 2.39. The topological polar surface area (TPSA) is 62.3 Å². The molecule has 0 atom stereocenters. The minimum Gasteiger partial charge on any atom is -0.383 e. The zero-order chi connectivity index (χ0) is 15.1. The van der Waals surface area contributed by atoms with E-state index in [2.05, 4.69) is 13.2 Å². The summed E-state index contributed by atoms with van der Waals surface area (Å²) in [7, 11) is 3.06. The van der Waals surface area contributed by atoms with E-state index >= 15 is 0 Å². The van der Waals surface area contributed by atoms with Crippen LogP contribution in [0.4, 0.5) is 9.59 Å². The van der Waals surface area contributed by atoms with Gasteiger partial charge >= 0.3 is 12.1 Å². The molecule has 1 rings (SSSR count). The highest BCUT2D eigenvalue weighted by molar-refractivity contribution is 5.98. The Morgan fingerprint density at radius 1 is 1.00 bits per heavy atom. The highest BCUT2D eigenvalue weighted by atomic mass is 16.5. The Labute approximate surface area is 119 Å². The van der Waals surface area contributed by atoms with Gasteiger partial charge in [0.25, 0.3) is 0 Å². The van der Waals surface area contributed by atoms with Crippen LogP contribution in [0.25, 0.3) is 0 Å². The largest absolute Gasteiger partial charge is 0.383 e. The van der Waals surface area contributed by atoms with Crippen molar-refractivity contribution in [2.24, 2.45) is 0 Å². The number of amides is 4. The van der Waals surface area contributed by atoms with Crippen molar-refractivity contribution < 1.29 is 19.1 Å². The summed E-state index contributed by atoms with van der Waals surface area (Å²) >= 11 is 0. The number of urea groups is 2. The molecule has 7 nitrogen and oxygen atoms in total. The Balaban J connectivity index is 2.94. The molecule has 1 fully saturated rings. The number of nitrogens with zero attached hydrogens (tertiary/aromatic N) is 3. The first-order chi connectivity index (χ1) is 9.58. The lowest BCUT2D eigenvalue weighted by molar-refractivity contribution is 0.0869. The maximum absolute atomic E-state index is 12.3. The summed E-state index contributed by atoms with van der Waals surface area (Å²) < 4.78 is 9.91. The van der Waals surface area contributed by atoms with Crippen LogP contribution in [0.15, 0.2) is 25.1 Å². The second-order valence-corrected chi connectivity index (χ2v) is 4.17. The first kappa shape index (κ1) is 16.2. The van der Waals surface area contributed by atoms with Crippen LogP contribution in [0.1, 0.15) is 0 Å². The number of hydrogen-bond donors (Lipinski definition) is 0. The average molecular weight is 283 g/mol. The third-order valence-electron chi connectivity index (χ3n) is 2.90. The predicted octanol–water partition coefficient (Wildman–Crippen LogP) is 1.10. The Kier molecular flexibility index (Phi) is 6.20. The summed E-state index contributed by atoms with van der Waals surface area (Å²) in [6.07, 6.45) is 1.59. The van der Waals surface area contributed by atoms with E-state index in [-0.39, 0.29) is 19.7 Å². The van der Waals surface area contributed by atoms with Crippen molar-refractivity contribution in [3.8, 4) is 0 Å². The molecule has 20 heavy (non-hydrogen) atoms. The van der Waals surface area contributed by atoms with Crippen molar-refractivity contribution in [2.75, 3.05) is 47.1 Å². The average Bonchev–Trinajstić information content (AvgIpc) is 2.43. The number of carbonyl (C=O) groups excluding carboxylic acids is 2. The van der Waals surface area contributed by atoms with Gasteiger partial charge in [0.1, 0.15) is 5.82 Å². The van der Waals surface area contributed by atoms with Gasteiger partial charge in [0.15, 0.2) is 0 Å². The second kappa shape index (κ2) is 7.66. The van der Waals surface area contributed by atoms with Gasteiger partial charge in [-0.1, -0.05) is 12.7 Å². The van der Waals surface area contributed by atoms with E-state index in [4.69, 9.17) is 9.47 Å². The first-order valence-electron chi connectivity index (χ1n) is 6.26. The summed E-state index contributed by atoms with van der Waals surface area (Å²) in [6.45, 7) is 8.88. The van der Waals surface area contributed by atoms with Gasteiger partial charge in [0.05, 0.1) is 26.3 Å². The molecule has 4 amide bonds. The molecule has 0 bridgehead atoms. The Bertz CT molecular complexity index is 367. The summed E-state index contributed by atoms with van der Waals surface area (Å²) in [6, 6.07) is -0.819. The van der Waals surface area contributed by atoms with Gasteiger partial charge in [-0.25, -0.2) is 14.5 Å². The SMILES string of the molecule is C=CCN1C(=C)N(CCOC)C(=O)N(CCOC)C1=O. The summed E-state index contributed by atoms with van der Waals surface area (Å²) in [5.74, 6) is 0.339. The fourth-order valence-electron chi connectivity index (χ4n) is 1.83. The number of methoxy groups -OCH3 is 2. The number of hydrogen-bond acceptors (Lipinski definition) is 4. The lowest BCUT2D eigenvalue weighted by atomic mass is 10.3. The number of imide groups is 1. The molecule has 0 N–H and O–H groups in total. The van der Waals surface area contributed by atoms with Gasteiger partial charge in [-0.15, -0.1) is 6.58 Å². The number of ether oxygens (including phenoxy) is 2. The molecule has 1 heterocycles. The van der Waals surface area contributed by atoms with E-state index in [0.717, 1.165) is 4.90 Å². The molecule has 0 radical (unpaired) electrons. The minimum absolute atomic E-state index is 0.193. The third-order valence-corrected chi connectivity index (χ3v) is 2.90. The van der Waals surface area contributed by atoms with Gasteiger partial charge in [-0.2, -0.15) is 0 Å². The molecule has 1 aliphatic rings. The molecule has 0 aliphatic carbocycles. The van der Waals surface area contributed by atoms with Crippen LogP contribution in [0.5, 0.6) is 0 Å².